The molecule has 0 radical (unpaired) electrons. The third-order valence-electron chi connectivity index (χ3n) is 2.19. The summed E-state index contributed by atoms with van der Waals surface area (Å²) in [6.45, 7) is 5.56. The van der Waals surface area contributed by atoms with E-state index in [-0.39, 0.29) is 12.6 Å². The second kappa shape index (κ2) is 4.70. The van der Waals surface area contributed by atoms with Crippen LogP contribution in [-0.4, -0.2) is 37.4 Å². The molecular formula is C8H18N2O. The van der Waals surface area contributed by atoms with Crippen molar-refractivity contribution in [1.29, 1.82) is 0 Å². The highest BCUT2D eigenvalue weighted by molar-refractivity contribution is 4.74. The van der Waals surface area contributed by atoms with Crippen molar-refractivity contribution in [3.05, 3.63) is 0 Å². The molecule has 1 fully saturated rings. The topological polar surface area (TPSA) is 44.3 Å². The summed E-state index contributed by atoms with van der Waals surface area (Å²) >= 11 is 0. The second-order valence-corrected chi connectivity index (χ2v) is 3.35. The summed E-state index contributed by atoms with van der Waals surface area (Å²) in [7, 11) is 0. The molecule has 3 N–H and O–H groups in total. The van der Waals surface area contributed by atoms with Crippen LogP contribution < -0.4 is 10.6 Å². The quantitative estimate of drug-likeness (QED) is 0.520. The normalized spacial score (nSPS) is 27.3. The second-order valence-electron chi connectivity index (χ2n) is 3.35. The molecular weight excluding hydrogens is 140 g/mol. The number of hydrogen-bond acceptors (Lipinski definition) is 3. The number of hydrogen-bond donors (Lipinski definition) is 3. The number of nitrogens with one attached hydrogen (secondary N) is 2. The molecule has 1 unspecified atom stereocenters. The van der Waals surface area contributed by atoms with Crippen LogP contribution in [0.2, 0.25) is 0 Å². The highest BCUT2D eigenvalue weighted by Gasteiger charge is 2.14. The SMILES string of the molecule is CC(CO)NC[C@@H]1CCNC1. The van der Waals surface area contributed by atoms with Gasteiger partial charge in [-0.15, -0.1) is 0 Å². The Bertz CT molecular complexity index is 102. The van der Waals surface area contributed by atoms with E-state index in [0.717, 1.165) is 25.6 Å². The Labute approximate surface area is 68.2 Å². The van der Waals surface area contributed by atoms with Crippen LogP contribution in [0.4, 0.5) is 0 Å². The van der Waals surface area contributed by atoms with Crippen LogP contribution in [0.15, 0.2) is 0 Å². The molecule has 0 saturated carbocycles. The lowest BCUT2D eigenvalue weighted by Gasteiger charge is -2.13. The van der Waals surface area contributed by atoms with Crippen LogP contribution >= 0.6 is 0 Å². The van der Waals surface area contributed by atoms with E-state index < -0.39 is 0 Å². The summed E-state index contributed by atoms with van der Waals surface area (Å²) in [5, 5.41) is 15.3. The van der Waals surface area contributed by atoms with Gasteiger partial charge < -0.3 is 15.7 Å². The van der Waals surface area contributed by atoms with E-state index in [4.69, 9.17) is 5.11 Å². The molecule has 0 aromatic carbocycles. The first-order valence-corrected chi connectivity index (χ1v) is 4.38. The molecule has 3 heteroatoms. The maximum atomic E-state index is 8.73. The van der Waals surface area contributed by atoms with Gasteiger partial charge in [0, 0.05) is 6.04 Å². The van der Waals surface area contributed by atoms with Gasteiger partial charge in [0.2, 0.25) is 0 Å². The van der Waals surface area contributed by atoms with Crippen molar-refractivity contribution < 1.29 is 5.11 Å². The van der Waals surface area contributed by atoms with Crippen molar-refractivity contribution in [3.8, 4) is 0 Å². The third kappa shape index (κ3) is 3.18. The first-order valence-electron chi connectivity index (χ1n) is 4.38. The van der Waals surface area contributed by atoms with Gasteiger partial charge in [-0.2, -0.15) is 0 Å². The number of rotatable bonds is 4. The maximum absolute atomic E-state index is 8.73. The predicted octanol–water partition coefficient (Wildman–Crippen LogP) is -0.434. The minimum atomic E-state index is 0.236. The smallest absolute Gasteiger partial charge is 0.0581 e. The Morgan fingerprint density at radius 1 is 1.73 bits per heavy atom. The largest absolute Gasteiger partial charge is 0.395 e. The van der Waals surface area contributed by atoms with Crippen LogP contribution in [-0.2, 0) is 0 Å². The molecule has 2 atom stereocenters. The molecule has 0 aliphatic carbocycles. The summed E-state index contributed by atoms with van der Waals surface area (Å²) in [6.07, 6.45) is 1.27. The fourth-order valence-corrected chi connectivity index (χ4v) is 1.32. The van der Waals surface area contributed by atoms with Gasteiger partial charge >= 0.3 is 0 Å². The third-order valence-corrected chi connectivity index (χ3v) is 2.19. The van der Waals surface area contributed by atoms with Crippen molar-refractivity contribution in [1.82, 2.24) is 10.6 Å². The van der Waals surface area contributed by atoms with Crippen LogP contribution in [0.1, 0.15) is 13.3 Å². The number of aliphatic hydroxyl groups excluding tert-OH is 1. The zero-order valence-corrected chi connectivity index (χ0v) is 7.14. The molecule has 0 spiro atoms. The lowest BCUT2D eigenvalue weighted by molar-refractivity contribution is 0.247. The highest BCUT2D eigenvalue weighted by Crippen LogP contribution is 2.05. The van der Waals surface area contributed by atoms with Gasteiger partial charge in [-0.1, -0.05) is 0 Å². The molecule has 1 aliphatic rings. The fourth-order valence-electron chi connectivity index (χ4n) is 1.32. The van der Waals surface area contributed by atoms with Crippen LogP contribution in [0.25, 0.3) is 0 Å². The lowest BCUT2D eigenvalue weighted by atomic mass is 10.1. The molecule has 1 heterocycles. The van der Waals surface area contributed by atoms with Crippen molar-refractivity contribution in [2.24, 2.45) is 5.92 Å². The van der Waals surface area contributed by atoms with Gasteiger partial charge in [0.1, 0.15) is 0 Å². The summed E-state index contributed by atoms with van der Waals surface area (Å²) in [4.78, 5) is 0. The van der Waals surface area contributed by atoms with E-state index in [1.165, 1.54) is 6.42 Å². The Morgan fingerprint density at radius 3 is 3.09 bits per heavy atom. The van der Waals surface area contributed by atoms with E-state index in [0.29, 0.717) is 0 Å². The van der Waals surface area contributed by atoms with Gasteiger partial charge in [0.25, 0.3) is 0 Å². The average molecular weight is 158 g/mol. The molecule has 0 aromatic heterocycles. The van der Waals surface area contributed by atoms with E-state index in [1.54, 1.807) is 0 Å². The van der Waals surface area contributed by atoms with E-state index >= 15 is 0 Å². The standard InChI is InChI=1S/C8H18N2O/c1-7(6-11)10-5-8-2-3-9-4-8/h7-11H,2-6H2,1H3/t7?,8-/m1/s1. The van der Waals surface area contributed by atoms with Crippen LogP contribution in [0.5, 0.6) is 0 Å². The summed E-state index contributed by atoms with van der Waals surface area (Å²) in [5.41, 5.74) is 0. The van der Waals surface area contributed by atoms with Crippen LogP contribution in [0.3, 0.4) is 0 Å². The maximum Gasteiger partial charge on any atom is 0.0581 e. The zero-order chi connectivity index (χ0) is 8.10. The Morgan fingerprint density at radius 2 is 2.55 bits per heavy atom. The Balaban J connectivity index is 2.01. The molecule has 1 aliphatic heterocycles. The molecule has 0 aromatic rings. The Kier molecular flexibility index (Phi) is 3.83. The van der Waals surface area contributed by atoms with Crippen molar-refractivity contribution in [2.75, 3.05) is 26.2 Å². The predicted molar refractivity (Wildman–Crippen MR) is 45.5 cm³/mol. The summed E-state index contributed by atoms with van der Waals surface area (Å²) < 4.78 is 0. The first kappa shape index (κ1) is 8.97. The van der Waals surface area contributed by atoms with Crippen molar-refractivity contribution in [3.63, 3.8) is 0 Å². The molecule has 3 nitrogen and oxygen atoms in total. The monoisotopic (exact) mass is 158 g/mol. The first-order chi connectivity index (χ1) is 5.33. The lowest BCUT2D eigenvalue weighted by Crippen LogP contribution is -2.34. The average Bonchev–Trinajstić information content (AvgIpc) is 2.52. The minimum absolute atomic E-state index is 0.236. The van der Waals surface area contributed by atoms with Gasteiger partial charge in [0.15, 0.2) is 0 Å². The Hall–Kier alpha value is -0.120. The molecule has 0 amide bonds. The van der Waals surface area contributed by atoms with Crippen molar-refractivity contribution >= 4 is 0 Å². The highest BCUT2D eigenvalue weighted by atomic mass is 16.3. The van der Waals surface area contributed by atoms with Crippen LogP contribution in [0, 0.1) is 5.92 Å². The molecule has 66 valence electrons. The zero-order valence-electron chi connectivity index (χ0n) is 7.14. The van der Waals surface area contributed by atoms with Gasteiger partial charge in [0.05, 0.1) is 6.61 Å². The van der Waals surface area contributed by atoms with Gasteiger partial charge in [-0.05, 0) is 38.9 Å². The molecule has 11 heavy (non-hydrogen) atoms. The number of aliphatic hydroxyl groups is 1. The minimum Gasteiger partial charge on any atom is -0.395 e. The summed E-state index contributed by atoms with van der Waals surface area (Å²) in [5.74, 6) is 0.768. The molecule has 1 saturated heterocycles. The molecule has 0 bridgehead atoms. The van der Waals surface area contributed by atoms with E-state index in [1.807, 2.05) is 6.92 Å². The fraction of sp³-hybridized carbons (Fsp3) is 1.00. The van der Waals surface area contributed by atoms with E-state index in [2.05, 4.69) is 10.6 Å². The van der Waals surface area contributed by atoms with Gasteiger partial charge in [-0.25, -0.2) is 0 Å². The van der Waals surface area contributed by atoms with Crippen molar-refractivity contribution in [2.45, 2.75) is 19.4 Å². The summed E-state index contributed by atoms with van der Waals surface area (Å²) in [6, 6.07) is 0.246. The molecule has 1 rings (SSSR count). The van der Waals surface area contributed by atoms with E-state index in [9.17, 15) is 0 Å². The van der Waals surface area contributed by atoms with Gasteiger partial charge in [-0.3, -0.25) is 0 Å².